The first-order chi connectivity index (χ1) is 9.68. The summed E-state index contributed by atoms with van der Waals surface area (Å²) in [6.07, 6.45) is -4.41. The average molecular weight is 319 g/mol. The number of halogens is 3. The van der Waals surface area contributed by atoms with E-state index in [1.54, 1.807) is 25.8 Å². The zero-order chi connectivity index (χ0) is 15.8. The van der Waals surface area contributed by atoms with Crippen LogP contribution in [0.4, 0.5) is 13.2 Å². The molecule has 0 spiro atoms. The molecule has 116 valence electrons. The molecule has 4 nitrogen and oxygen atoms in total. The van der Waals surface area contributed by atoms with Gasteiger partial charge in [-0.2, -0.15) is 13.2 Å². The highest BCUT2D eigenvalue weighted by Crippen LogP contribution is 2.34. The largest absolute Gasteiger partial charge is 0.434 e. The van der Waals surface area contributed by atoms with Crippen LogP contribution in [-0.2, 0) is 19.3 Å². The third-order valence-corrected chi connectivity index (χ3v) is 4.05. The van der Waals surface area contributed by atoms with Gasteiger partial charge >= 0.3 is 6.18 Å². The molecule has 0 N–H and O–H groups in total. The first-order valence-corrected chi connectivity index (χ1v) is 7.14. The Bertz CT molecular complexity index is 614. The molecular weight excluding hydrogens is 303 g/mol. The molecule has 0 bridgehead atoms. The second kappa shape index (κ2) is 5.76. The molecule has 0 aliphatic heterocycles. The predicted octanol–water partition coefficient (Wildman–Crippen LogP) is 3.71. The van der Waals surface area contributed by atoms with Crippen molar-refractivity contribution in [3.8, 4) is 0 Å². The molecule has 0 aliphatic rings. The van der Waals surface area contributed by atoms with Crippen LogP contribution in [0.1, 0.15) is 32.6 Å². The number of hydrogen-bond acceptors (Lipinski definition) is 5. The Balaban J connectivity index is 2.15. The maximum Gasteiger partial charge on any atom is 0.434 e. The van der Waals surface area contributed by atoms with Crippen molar-refractivity contribution in [2.45, 2.75) is 40.0 Å². The lowest BCUT2D eigenvalue weighted by Gasteiger charge is -2.16. The molecule has 21 heavy (non-hydrogen) atoms. The molecule has 2 aromatic rings. The number of hydrogen-bond donors (Lipinski definition) is 0. The van der Waals surface area contributed by atoms with Gasteiger partial charge in [0.05, 0.1) is 15.6 Å². The summed E-state index contributed by atoms with van der Waals surface area (Å²) in [5.41, 5.74) is 0.888. The van der Waals surface area contributed by atoms with Crippen LogP contribution >= 0.6 is 11.3 Å². The SMILES string of the molecule is Cc1nc(C(F)(F)F)c(CN(C)Cc2c(C)noc2C)s1. The molecule has 0 aliphatic carbocycles. The maximum atomic E-state index is 12.9. The Kier molecular flexibility index (Phi) is 4.38. The van der Waals surface area contributed by atoms with E-state index in [0.29, 0.717) is 17.3 Å². The van der Waals surface area contributed by atoms with Crippen molar-refractivity contribution in [1.29, 1.82) is 0 Å². The van der Waals surface area contributed by atoms with Gasteiger partial charge in [0.15, 0.2) is 5.69 Å². The molecular formula is C13H16F3N3OS. The van der Waals surface area contributed by atoms with Gasteiger partial charge in [-0.3, -0.25) is 4.90 Å². The monoisotopic (exact) mass is 319 g/mol. The summed E-state index contributed by atoms with van der Waals surface area (Å²) in [5.74, 6) is 0.691. The molecule has 8 heteroatoms. The van der Waals surface area contributed by atoms with Crippen molar-refractivity contribution in [3.63, 3.8) is 0 Å². The Morgan fingerprint density at radius 2 is 1.86 bits per heavy atom. The lowest BCUT2D eigenvalue weighted by atomic mass is 10.2. The molecule has 2 rings (SSSR count). The minimum Gasteiger partial charge on any atom is -0.361 e. The van der Waals surface area contributed by atoms with Crippen LogP contribution in [0.15, 0.2) is 4.52 Å². The van der Waals surface area contributed by atoms with Crippen LogP contribution < -0.4 is 0 Å². The van der Waals surface area contributed by atoms with E-state index >= 15 is 0 Å². The van der Waals surface area contributed by atoms with E-state index < -0.39 is 11.9 Å². The number of aryl methyl sites for hydroxylation is 3. The van der Waals surface area contributed by atoms with Crippen molar-refractivity contribution in [2.24, 2.45) is 0 Å². The fraction of sp³-hybridized carbons (Fsp3) is 0.538. The van der Waals surface area contributed by atoms with Crippen LogP contribution in [0.25, 0.3) is 0 Å². The topological polar surface area (TPSA) is 42.2 Å². The Morgan fingerprint density at radius 3 is 2.38 bits per heavy atom. The summed E-state index contributed by atoms with van der Waals surface area (Å²) in [6, 6.07) is 0. The molecule has 2 aromatic heterocycles. The highest BCUT2D eigenvalue weighted by Gasteiger charge is 2.37. The van der Waals surface area contributed by atoms with Gasteiger partial charge in [0.1, 0.15) is 5.76 Å². The molecule has 2 heterocycles. The summed E-state index contributed by atoms with van der Waals surface area (Å²) < 4.78 is 43.8. The van der Waals surface area contributed by atoms with E-state index in [1.807, 2.05) is 6.92 Å². The average Bonchev–Trinajstić information content (AvgIpc) is 2.86. The summed E-state index contributed by atoms with van der Waals surface area (Å²) in [4.78, 5) is 5.63. The molecule has 0 fully saturated rings. The first-order valence-electron chi connectivity index (χ1n) is 6.32. The Labute approximate surface area is 124 Å². The van der Waals surface area contributed by atoms with E-state index in [-0.39, 0.29) is 11.4 Å². The smallest absolute Gasteiger partial charge is 0.361 e. The molecule has 0 amide bonds. The normalized spacial score (nSPS) is 12.4. The van der Waals surface area contributed by atoms with Crippen LogP contribution in [0, 0.1) is 20.8 Å². The standard InChI is InChI=1S/C13H16F3N3OS/c1-7-10(8(2)20-18-7)5-19(4)6-11-12(13(14,15)16)17-9(3)21-11/h5-6H2,1-4H3. The highest BCUT2D eigenvalue weighted by atomic mass is 32.1. The van der Waals surface area contributed by atoms with E-state index in [2.05, 4.69) is 10.1 Å². The first kappa shape index (κ1) is 16.0. The van der Waals surface area contributed by atoms with Gasteiger partial charge in [-0.25, -0.2) is 4.98 Å². The second-order valence-electron chi connectivity index (χ2n) is 4.98. The summed E-state index contributed by atoms with van der Waals surface area (Å²) in [6.45, 7) is 5.86. The number of nitrogens with zero attached hydrogens (tertiary/aromatic N) is 3. The van der Waals surface area contributed by atoms with Crippen LogP contribution in [0.3, 0.4) is 0 Å². The van der Waals surface area contributed by atoms with Gasteiger partial charge in [-0.1, -0.05) is 5.16 Å². The molecule has 0 saturated heterocycles. The van der Waals surface area contributed by atoms with Gasteiger partial charge in [0, 0.05) is 18.7 Å². The third-order valence-electron chi connectivity index (χ3n) is 3.10. The molecule has 0 radical (unpaired) electrons. The van der Waals surface area contributed by atoms with Crippen molar-refractivity contribution in [1.82, 2.24) is 15.0 Å². The predicted molar refractivity (Wildman–Crippen MR) is 73.0 cm³/mol. The summed E-state index contributed by atoms with van der Waals surface area (Å²) in [7, 11) is 1.76. The van der Waals surface area contributed by atoms with Crippen molar-refractivity contribution < 1.29 is 17.7 Å². The molecule has 0 atom stereocenters. The number of thiazole rings is 1. The summed E-state index contributed by atoms with van der Waals surface area (Å²) in [5, 5.41) is 4.27. The zero-order valence-electron chi connectivity index (χ0n) is 12.2. The minimum absolute atomic E-state index is 0.185. The number of alkyl halides is 3. The number of aromatic nitrogens is 2. The minimum atomic E-state index is -4.41. The lowest BCUT2D eigenvalue weighted by molar-refractivity contribution is -0.141. The van der Waals surface area contributed by atoms with E-state index in [9.17, 15) is 13.2 Å². The second-order valence-corrected chi connectivity index (χ2v) is 6.27. The van der Waals surface area contributed by atoms with E-state index in [4.69, 9.17) is 4.52 Å². The van der Waals surface area contributed by atoms with Crippen molar-refractivity contribution in [3.05, 3.63) is 32.6 Å². The number of rotatable bonds is 4. The van der Waals surface area contributed by atoms with Gasteiger partial charge in [0.25, 0.3) is 0 Å². The fourth-order valence-electron chi connectivity index (χ4n) is 2.10. The van der Waals surface area contributed by atoms with Gasteiger partial charge in [-0.05, 0) is 27.8 Å². The highest BCUT2D eigenvalue weighted by molar-refractivity contribution is 7.11. The van der Waals surface area contributed by atoms with E-state index in [1.165, 1.54) is 0 Å². The molecule has 0 aromatic carbocycles. The summed E-state index contributed by atoms with van der Waals surface area (Å²) >= 11 is 1.08. The third kappa shape index (κ3) is 3.62. The Morgan fingerprint density at radius 1 is 1.19 bits per heavy atom. The Hall–Kier alpha value is -1.41. The van der Waals surface area contributed by atoms with Crippen LogP contribution in [0.5, 0.6) is 0 Å². The lowest BCUT2D eigenvalue weighted by Crippen LogP contribution is -2.20. The fourth-order valence-corrected chi connectivity index (χ4v) is 3.13. The van der Waals surface area contributed by atoms with Crippen molar-refractivity contribution >= 4 is 11.3 Å². The maximum absolute atomic E-state index is 12.9. The van der Waals surface area contributed by atoms with Gasteiger partial charge in [-0.15, -0.1) is 11.3 Å². The quantitative estimate of drug-likeness (QED) is 0.861. The zero-order valence-corrected chi connectivity index (χ0v) is 13.0. The van der Waals surface area contributed by atoms with E-state index in [0.717, 1.165) is 22.6 Å². The van der Waals surface area contributed by atoms with Crippen molar-refractivity contribution in [2.75, 3.05) is 7.05 Å². The molecule has 0 unspecified atom stereocenters. The molecule has 0 saturated carbocycles. The van der Waals surface area contributed by atoms with Crippen LogP contribution in [-0.4, -0.2) is 22.1 Å². The van der Waals surface area contributed by atoms with Gasteiger partial charge in [0.2, 0.25) is 0 Å². The van der Waals surface area contributed by atoms with Crippen LogP contribution in [0.2, 0.25) is 0 Å². The van der Waals surface area contributed by atoms with Gasteiger partial charge < -0.3 is 4.52 Å².